The zero-order chi connectivity index (χ0) is 13.1. The fraction of sp³-hybridized carbons (Fsp3) is 0.0588. The molecular formula is C17H14ClN. The zero-order valence-electron chi connectivity index (χ0n) is 10.4. The maximum absolute atomic E-state index is 6.25. The standard InChI is InChI=1S/C17H14ClN/c18-16-11-14(13-6-2-1-3-7-13)10-15(12-16)17-8-4-5-9-19-17/h1-12,17,19H. The molecule has 3 rings (SSSR count). The van der Waals surface area contributed by atoms with Crippen molar-refractivity contribution in [3.63, 3.8) is 0 Å². The van der Waals surface area contributed by atoms with Crippen LogP contribution in [0, 0.1) is 0 Å². The van der Waals surface area contributed by atoms with Gasteiger partial charge in [-0.25, -0.2) is 0 Å². The summed E-state index contributed by atoms with van der Waals surface area (Å²) in [6, 6.07) is 16.7. The van der Waals surface area contributed by atoms with E-state index in [0.717, 1.165) is 10.6 Å². The average molecular weight is 268 g/mol. The number of halogens is 1. The number of dihydropyridines is 1. The predicted molar refractivity (Wildman–Crippen MR) is 81.0 cm³/mol. The van der Waals surface area contributed by atoms with Crippen LogP contribution in [-0.4, -0.2) is 0 Å². The van der Waals surface area contributed by atoms with E-state index in [1.54, 1.807) is 0 Å². The first-order chi connectivity index (χ1) is 9.33. The molecule has 1 N–H and O–H groups in total. The Morgan fingerprint density at radius 1 is 0.895 bits per heavy atom. The number of rotatable bonds is 2. The lowest BCUT2D eigenvalue weighted by atomic mass is 9.98. The zero-order valence-corrected chi connectivity index (χ0v) is 11.1. The van der Waals surface area contributed by atoms with Gasteiger partial charge in [0, 0.05) is 5.02 Å². The van der Waals surface area contributed by atoms with Gasteiger partial charge in [0.15, 0.2) is 0 Å². The quantitative estimate of drug-likeness (QED) is 0.830. The van der Waals surface area contributed by atoms with Crippen molar-refractivity contribution in [1.82, 2.24) is 5.32 Å². The average Bonchev–Trinajstić information content (AvgIpc) is 2.48. The molecule has 1 heterocycles. The summed E-state index contributed by atoms with van der Waals surface area (Å²) in [4.78, 5) is 0. The van der Waals surface area contributed by atoms with Gasteiger partial charge in [0.1, 0.15) is 0 Å². The summed E-state index contributed by atoms with van der Waals surface area (Å²) in [5, 5.41) is 4.08. The maximum atomic E-state index is 6.25. The third-order valence-corrected chi connectivity index (χ3v) is 3.39. The number of nitrogens with one attached hydrogen (secondary N) is 1. The molecule has 2 heteroatoms. The van der Waals surface area contributed by atoms with Crippen LogP contribution < -0.4 is 5.32 Å². The molecule has 1 atom stereocenters. The molecule has 0 aromatic heterocycles. The summed E-state index contributed by atoms with van der Waals surface area (Å²) in [6.07, 6.45) is 8.11. The van der Waals surface area contributed by atoms with E-state index in [1.165, 1.54) is 11.1 Å². The van der Waals surface area contributed by atoms with Crippen molar-refractivity contribution in [1.29, 1.82) is 0 Å². The summed E-state index contributed by atoms with van der Waals surface area (Å²) in [6.45, 7) is 0. The molecular weight excluding hydrogens is 254 g/mol. The second-order valence-corrected chi connectivity index (χ2v) is 4.96. The smallest absolute Gasteiger partial charge is 0.0696 e. The molecule has 1 nitrogen and oxygen atoms in total. The Morgan fingerprint density at radius 3 is 2.47 bits per heavy atom. The second kappa shape index (κ2) is 5.33. The highest BCUT2D eigenvalue weighted by molar-refractivity contribution is 6.31. The van der Waals surface area contributed by atoms with Crippen LogP contribution in [-0.2, 0) is 0 Å². The lowest BCUT2D eigenvalue weighted by Crippen LogP contribution is -2.14. The molecule has 0 bridgehead atoms. The molecule has 0 radical (unpaired) electrons. The highest BCUT2D eigenvalue weighted by Crippen LogP contribution is 2.28. The first-order valence-electron chi connectivity index (χ1n) is 6.28. The van der Waals surface area contributed by atoms with Gasteiger partial charge in [0.2, 0.25) is 0 Å². The van der Waals surface area contributed by atoms with Crippen molar-refractivity contribution >= 4 is 11.6 Å². The Balaban J connectivity index is 2.01. The monoisotopic (exact) mass is 267 g/mol. The van der Waals surface area contributed by atoms with Gasteiger partial charge < -0.3 is 5.32 Å². The molecule has 2 aromatic carbocycles. The Kier molecular flexibility index (Phi) is 3.39. The molecule has 2 aromatic rings. The van der Waals surface area contributed by atoms with Gasteiger partial charge in [-0.2, -0.15) is 0 Å². The lowest BCUT2D eigenvalue weighted by Gasteiger charge is -2.17. The lowest BCUT2D eigenvalue weighted by molar-refractivity contribution is 0.747. The second-order valence-electron chi connectivity index (χ2n) is 4.53. The van der Waals surface area contributed by atoms with Crippen LogP contribution in [0.3, 0.4) is 0 Å². The third kappa shape index (κ3) is 2.72. The van der Waals surface area contributed by atoms with E-state index in [1.807, 2.05) is 48.7 Å². The molecule has 0 fully saturated rings. The number of hydrogen-bond donors (Lipinski definition) is 1. The van der Waals surface area contributed by atoms with Crippen molar-refractivity contribution in [3.05, 3.63) is 83.5 Å². The van der Waals surface area contributed by atoms with Crippen LogP contribution in [0.5, 0.6) is 0 Å². The Hall–Kier alpha value is -1.99. The molecule has 0 spiro atoms. The minimum atomic E-state index is 0.186. The van der Waals surface area contributed by atoms with Crippen LogP contribution in [0.25, 0.3) is 11.1 Å². The number of benzene rings is 2. The summed E-state index contributed by atoms with van der Waals surface area (Å²) in [7, 11) is 0. The van der Waals surface area contributed by atoms with Crippen molar-refractivity contribution < 1.29 is 0 Å². The van der Waals surface area contributed by atoms with Gasteiger partial charge in [-0.1, -0.05) is 54.1 Å². The number of hydrogen-bond acceptors (Lipinski definition) is 1. The predicted octanol–water partition coefficient (Wildman–Crippen LogP) is 4.72. The van der Waals surface area contributed by atoms with Gasteiger partial charge in [-0.05, 0) is 47.2 Å². The van der Waals surface area contributed by atoms with Crippen molar-refractivity contribution in [2.75, 3.05) is 0 Å². The SMILES string of the molecule is Clc1cc(-c2ccccc2)cc(C2C=CC=CN2)c1. The van der Waals surface area contributed by atoms with E-state index in [4.69, 9.17) is 11.6 Å². The molecule has 19 heavy (non-hydrogen) atoms. The maximum Gasteiger partial charge on any atom is 0.0696 e. The highest BCUT2D eigenvalue weighted by Gasteiger charge is 2.10. The van der Waals surface area contributed by atoms with Gasteiger partial charge >= 0.3 is 0 Å². The van der Waals surface area contributed by atoms with Gasteiger partial charge in [0.05, 0.1) is 6.04 Å². The third-order valence-electron chi connectivity index (χ3n) is 3.17. The van der Waals surface area contributed by atoms with E-state index in [-0.39, 0.29) is 6.04 Å². The Morgan fingerprint density at radius 2 is 1.74 bits per heavy atom. The fourth-order valence-corrected chi connectivity index (χ4v) is 2.49. The van der Waals surface area contributed by atoms with E-state index in [2.05, 4.69) is 29.6 Å². The summed E-state index contributed by atoms with van der Waals surface area (Å²) >= 11 is 6.25. The number of allylic oxidation sites excluding steroid dienone is 2. The highest BCUT2D eigenvalue weighted by atomic mass is 35.5. The van der Waals surface area contributed by atoms with E-state index in [0.29, 0.717) is 0 Å². The van der Waals surface area contributed by atoms with Crippen LogP contribution in [0.1, 0.15) is 11.6 Å². The molecule has 1 aliphatic heterocycles. The van der Waals surface area contributed by atoms with Crippen molar-refractivity contribution in [2.45, 2.75) is 6.04 Å². The fourth-order valence-electron chi connectivity index (χ4n) is 2.24. The molecule has 1 unspecified atom stereocenters. The van der Waals surface area contributed by atoms with E-state index in [9.17, 15) is 0 Å². The van der Waals surface area contributed by atoms with Gasteiger partial charge in [0.25, 0.3) is 0 Å². The molecule has 0 saturated heterocycles. The summed E-state index contributed by atoms with van der Waals surface area (Å²) in [5.74, 6) is 0. The minimum Gasteiger partial charge on any atom is -0.381 e. The van der Waals surface area contributed by atoms with Gasteiger partial charge in [-0.15, -0.1) is 0 Å². The van der Waals surface area contributed by atoms with Gasteiger partial charge in [-0.3, -0.25) is 0 Å². The van der Waals surface area contributed by atoms with Crippen molar-refractivity contribution in [3.8, 4) is 11.1 Å². The normalized spacial score (nSPS) is 17.2. The Labute approximate surface area is 118 Å². The Bertz CT molecular complexity index is 629. The molecule has 0 amide bonds. The van der Waals surface area contributed by atoms with Crippen molar-refractivity contribution in [2.24, 2.45) is 0 Å². The van der Waals surface area contributed by atoms with Crippen LogP contribution in [0.2, 0.25) is 5.02 Å². The molecule has 1 aliphatic rings. The first kappa shape index (κ1) is 12.1. The van der Waals surface area contributed by atoms with Crippen LogP contribution in [0.15, 0.2) is 73.0 Å². The minimum absolute atomic E-state index is 0.186. The first-order valence-corrected chi connectivity index (χ1v) is 6.66. The topological polar surface area (TPSA) is 12.0 Å². The molecule has 0 aliphatic carbocycles. The largest absolute Gasteiger partial charge is 0.381 e. The summed E-state index contributed by atoms with van der Waals surface area (Å²) in [5.41, 5.74) is 3.50. The summed E-state index contributed by atoms with van der Waals surface area (Å²) < 4.78 is 0. The van der Waals surface area contributed by atoms with Crippen LogP contribution >= 0.6 is 11.6 Å². The van der Waals surface area contributed by atoms with Crippen LogP contribution in [0.4, 0.5) is 0 Å². The van der Waals surface area contributed by atoms with E-state index < -0.39 is 0 Å². The molecule has 0 saturated carbocycles. The van der Waals surface area contributed by atoms with E-state index >= 15 is 0 Å². The molecule has 94 valence electrons.